The first kappa shape index (κ1) is 31.9. The fourth-order valence-electron chi connectivity index (χ4n) is 7.48. The van der Waals surface area contributed by atoms with Crippen LogP contribution in [0.4, 0.5) is 0 Å². The van der Waals surface area contributed by atoms with Gasteiger partial charge in [0.05, 0.1) is 18.2 Å². The van der Waals surface area contributed by atoms with Crippen LogP contribution in [-0.4, -0.2) is 44.1 Å². The first-order chi connectivity index (χ1) is 22.4. The molecule has 46 heavy (non-hydrogen) atoms. The Balaban J connectivity index is 1.41. The van der Waals surface area contributed by atoms with Crippen molar-refractivity contribution < 1.29 is 9.53 Å². The lowest BCUT2D eigenvalue weighted by molar-refractivity contribution is 0.0852. The van der Waals surface area contributed by atoms with E-state index in [1.54, 1.807) is 0 Å². The van der Waals surface area contributed by atoms with Crippen molar-refractivity contribution in [3.63, 3.8) is 0 Å². The average Bonchev–Trinajstić information content (AvgIpc) is 3.10. The average molecular weight is 624 g/mol. The molecule has 4 heteroatoms. The second-order valence-electron chi connectivity index (χ2n) is 13.3. The quantitative estimate of drug-likeness (QED) is 0.105. The molecule has 234 valence electrons. The zero-order valence-corrected chi connectivity index (χ0v) is 28.2. The molecule has 1 fully saturated rings. The first-order valence-electron chi connectivity index (χ1n) is 16.4. The van der Waals surface area contributed by atoms with Gasteiger partial charge in [0.25, 0.3) is 8.32 Å². The van der Waals surface area contributed by atoms with Crippen molar-refractivity contribution in [2.75, 3.05) is 19.7 Å². The molecule has 1 atom stereocenters. The van der Waals surface area contributed by atoms with E-state index in [1.165, 1.54) is 27.1 Å². The molecule has 5 aromatic rings. The van der Waals surface area contributed by atoms with E-state index in [1.807, 2.05) is 0 Å². The first-order valence-corrected chi connectivity index (χ1v) is 18.3. The summed E-state index contributed by atoms with van der Waals surface area (Å²) in [5, 5.41) is 13.8. The molecular weight excluding hydrogens is 579 g/mol. The summed E-state index contributed by atoms with van der Waals surface area (Å²) >= 11 is 0. The summed E-state index contributed by atoms with van der Waals surface area (Å²) in [6, 6.07) is 53.9. The van der Waals surface area contributed by atoms with Gasteiger partial charge >= 0.3 is 0 Å². The summed E-state index contributed by atoms with van der Waals surface area (Å²) in [6.45, 7) is 8.73. The molecule has 0 spiro atoms. The molecule has 0 saturated carbocycles. The number of likely N-dealkylation sites (tertiary alicyclic amines) is 1. The van der Waals surface area contributed by atoms with Crippen molar-refractivity contribution >= 4 is 18.7 Å². The molecule has 6 rings (SSSR count). The standard InChI is InChI=1S/C42H45NO2Si/c1-41(2,3)46(38-25-15-7-16-26-38,39-27-17-8-18-28-39)45-32-30-34-33-43(31-29-40(34)44)42(35-19-9-4-10-20-35,36-21-11-5-12-22-36)37-23-13-6-14-24-37/h4-28,30,40,44H,29,31-33H2,1-3H3/b34-30+. The van der Waals surface area contributed by atoms with Gasteiger partial charge in [-0.2, -0.15) is 0 Å². The lowest BCUT2D eigenvalue weighted by atomic mass is 9.74. The van der Waals surface area contributed by atoms with Crippen LogP contribution < -0.4 is 10.4 Å². The molecule has 1 unspecified atom stereocenters. The number of nitrogens with zero attached hydrogens (tertiary/aromatic N) is 1. The monoisotopic (exact) mass is 623 g/mol. The van der Waals surface area contributed by atoms with Gasteiger partial charge in [0, 0.05) is 13.1 Å². The van der Waals surface area contributed by atoms with E-state index >= 15 is 0 Å². The second-order valence-corrected chi connectivity index (χ2v) is 17.6. The SMILES string of the molecule is CC(C)(C)[Si](OC/C=C1\CN(C(c2ccccc2)(c2ccccc2)c2ccccc2)CCC1O)(c1ccccc1)c1ccccc1. The molecule has 0 radical (unpaired) electrons. The summed E-state index contributed by atoms with van der Waals surface area (Å²) in [5.41, 5.74) is 4.13. The van der Waals surface area contributed by atoms with E-state index in [9.17, 15) is 5.11 Å². The molecular formula is C42H45NO2Si. The van der Waals surface area contributed by atoms with E-state index in [4.69, 9.17) is 4.43 Å². The number of piperidine rings is 1. The molecule has 0 aliphatic carbocycles. The second kappa shape index (κ2) is 13.7. The van der Waals surface area contributed by atoms with E-state index < -0.39 is 20.0 Å². The maximum absolute atomic E-state index is 11.4. The Morgan fingerprint density at radius 1 is 0.652 bits per heavy atom. The van der Waals surface area contributed by atoms with Crippen molar-refractivity contribution in [2.24, 2.45) is 0 Å². The molecule has 0 aromatic heterocycles. The van der Waals surface area contributed by atoms with Crippen LogP contribution in [0.2, 0.25) is 5.04 Å². The third-order valence-electron chi connectivity index (χ3n) is 9.59. The van der Waals surface area contributed by atoms with Crippen LogP contribution in [0.3, 0.4) is 0 Å². The molecule has 1 aliphatic heterocycles. The van der Waals surface area contributed by atoms with Crippen molar-refractivity contribution in [1.29, 1.82) is 0 Å². The van der Waals surface area contributed by atoms with Crippen LogP contribution >= 0.6 is 0 Å². The van der Waals surface area contributed by atoms with E-state index in [0.717, 1.165) is 12.1 Å². The number of benzene rings is 5. The van der Waals surface area contributed by atoms with Crippen LogP contribution in [0.1, 0.15) is 43.9 Å². The van der Waals surface area contributed by atoms with Crippen LogP contribution in [0.5, 0.6) is 0 Å². The smallest absolute Gasteiger partial charge is 0.261 e. The largest absolute Gasteiger partial charge is 0.404 e. The van der Waals surface area contributed by atoms with Gasteiger partial charge in [-0.15, -0.1) is 0 Å². The summed E-state index contributed by atoms with van der Waals surface area (Å²) in [7, 11) is -2.71. The normalized spacial score (nSPS) is 17.2. The van der Waals surface area contributed by atoms with Gasteiger partial charge in [-0.1, -0.05) is 179 Å². The fraction of sp³-hybridized carbons (Fsp3) is 0.238. The predicted molar refractivity (Wildman–Crippen MR) is 193 cm³/mol. The Bertz CT molecular complexity index is 1570. The van der Waals surface area contributed by atoms with Crippen LogP contribution in [-0.2, 0) is 9.96 Å². The number of aliphatic hydroxyl groups is 1. The van der Waals surface area contributed by atoms with Crippen molar-refractivity contribution in [1.82, 2.24) is 4.90 Å². The molecule has 1 aliphatic rings. The maximum atomic E-state index is 11.4. The third-order valence-corrected chi connectivity index (χ3v) is 14.6. The van der Waals surface area contributed by atoms with Gasteiger partial charge in [-0.25, -0.2) is 0 Å². The van der Waals surface area contributed by atoms with Gasteiger partial charge in [0.15, 0.2) is 0 Å². The third kappa shape index (κ3) is 5.94. The highest BCUT2D eigenvalue weighted by Gasteiger charge is 2.50. The van der Waals surface area contributed by atoms with Gasteiger partial charge in [-0.05, 0) is 44.1 Å². The molecule has 1 N–H and O–H groups in total. The number of rotatable bonds is 9. The molecule has 1 saturated heterocycles. The number of hydrogen-bond donors (Lipinski definition) is 1. The highest BCUT2D eigenvalue weighted by atomic mass is 28.4. The Kier molecular flexibility index (Phi) is 9.53. The zero-order chi connectivity index (χ0) is 32.0. The van der Waals surface area contributed by atoms with E-state index in [-0.39, 0.29) is 5.04 Å². The van der Waals surface area contributed by atoms with Gasteiger partial charge < -0.3 is 9.53 Å². The fourth-order valence-corrected chi connectivity index (χ4v) is 12.0. The van der Waals surface area contributed by atoms with Crippen LogP contribution in [0.15, 0.2) is 163 Å². The minimum Gasteiger partial charge on any atom is -0.404 e. The lowest BCUT2D eigenvalue weighted by Gasteiger charge is -2.48. The minimum atomic E-state index is -2.71. The Morgan fingerprint density at radius 3 is 1.43 bits per heavy atom. The van der Waals surface area contributed by atoms with Crippen LogP contribution in [0, 0.1) is 0 Å². The van der Waals surface area contributed by atoms with Crippen LogP contribution in [0.25, 0.3) is 0 Å². The minimum absolute atomic E-state index is 0.117. The summed E-state index contributed by atoms with van der Waals surface area (Å²) in [4.78, 5) is 2.55. The summed E-state index contributed by atoms with van der Waals surface area (Å²) < 4.78 is 7.23. The summed E-state index contributed by atoms with van der Waals surface area (Å²) in [5.74, 6) is 0. The van der Waals surface area contributed by atoms with Crippen molar-refractivity contribution in [3.8, 4) is 0 Å². The lowest BCUT2D eigenvalue weighted by Crippen LogP contribution is -2.66. The van der Waals surface area contributed by atoms with Gasteiger partial charge in [0.2, 0.25) is 0 Å². The van der Waals surface area contributed by atoms with E-state index in [2.05, 4.69) is 183 Å². The van der Waals surface area contributed by atoms with Gasteiger partial charge in [0.1, 0.15) is 0 Å². The topological polar surface area (TPSA) is 32.7 Å². The van der Waals surface area contributed by atoms with Gasteiger partial charge in [-0.3, -0.25) is 4.90 Å². The zero-order valence-electron chi connectivity index (χ0n) is 27.2. The highest BCUT2D eigenvalue weighted by molar-refractivity contribution is 6.99. The highest BCUT2D eigenvalue weighted by Crippen LogP contribution is 2.44. The van der Waals surface area contributed by atoms with Crippen molar-refractivity contribution in [2.45, 2.75) is 43.9 Å². The maximum Gasteiger partial charge on any atom is 0.261 e. The number of aliphatic hydroxyl groups excluding tert-OH is 1. The van der Waals surface area contributed by atoms with E-state index in [0.29, 0.717) is 19.6 Å². The predicted octanol–water partition coefficient (Wildman–Crippen LogP) is 7.55. The molecule has 0 bridgehead atoms. The summed E-state index contributed by atoms with van der Waals surface area (Å²) in [6.07, 6.45) is 2.31. The van der Waals surface area contributed by atoms with Crippen molar-refractivity contribution in [3.05, 3.63) is 180 Å². The molecule has 3 nitrogen and oxygen atoms in total. The molecule has 0 amide bonds. The Morgan fingerprint density at radius 2 is 1.04 bits per heavy atom. The number of hydrogen-bond acceptors (Lipinski definition) is 3. The Hall–Kier alpha value is -4.06. The Labute approximate surface area is 276 Å². The molecule has 1 heterocycles. The molecule has 5 aromatic carbocycles.